The molecule has 0 radical (unpaired) electrons. The zero-order valence-electron chi connectivity index (χ0n) is 17.4. The summed E-state index contributed by atoms with van der Waals surface area (Å²) in [5.74, 6) is -0.657. The smallest absolute Gasteiger partial charge is 0.285 e. The average Bonchev–Trinajstić information content (AvgIpc) is 2.54. The van der Waals surface area contributed by atoms with Crippen LogP contribution < -0.4 is 5.32 Å². The molecule has 0 aromatic carbocycles. The Morgan fingerprint density at radius 3 is 1.75 bits per heavy atom. The van der Waals surface area contributed by atoms with Gasteiger partial charge in [0.15, 0.2) is 0 Å². The Labute approximate surface area is 151 Å². The second kappa shape index (κ2) is 13.1. The summed E-state index contributed by atoms with van der Waals surface area (Å²) in [6, 6.07) is 0. The summed E-state index contributed by atoms with van der Waals surface area (Å²) >= 11 is 0. The van der Waals surface area contributed by atoms with Crippen molar-refractivity contribution >= 4 is 0 Å². The normalized spacial score (nSPS) is 14.1. The van der Waals surface area contributed by atoms with Crippen molar-refractivity contribution < 1.29 is 14.2 Å². The van der Waals surface area contributed by atoms with E-state index in [1.165, 1.54) is 38.5 Å². The largest absolute Gasteiger partial charge is 0.331 e. The van der Waals surface area contributed by atoms with Gasteiger partial charge in [0.05, 0.1) is 0 Å². The molecule has 4 heteroatoms. The maximum absolute atomic E-state index is 5.63. The van der Waals surface area contributed by atoms with Gasteiger partial charge < -0.3 is 19.5 Å². The minimum absolute atomic E-state index is 0.162. The quantitative estimate of drug-likeness (QED) is 0.330. The molecule has 0 spiro atoms. The third kappa shape index (κ3) is 9.97. The Kier molecular flexibility index (Phi) is 13.0. The zero-order valence-corrected chi connectivity index (χ0v) is 17.4. The molecular weight excluding hydrogens is 302 g/mol. The number of ether oxygens (including phenoxy) is 3. The van der Waals surface area contributed by atoms with Crippen LogP contribution in [0.5, 0.6) is 0 Å². The van der Waals surface area contributed by atoms with Gasteiger partial charge in [0.25, 0.3) is 5.97 Å². The highest BCUT2D eigenvalue weighted by atomic mass is 16.9. The van der Waals surface area contributed by atoms with Crippen LogP contribution in [0.15, 0.2) is 0 Å². The molecule has 24 heavy (non-hydrogen) atoms. The summed E-state index contributed by atoms with van der Waals surface area (Å²) in [7, 11) is 5.03. The first kappa shape index (κ1) is 23.8. The van der Waals surface area contributed by atoms with E-state index in [0.29, 0.717) is 0 Å². The first-order chi connectivity index (χ1) is 11.3. The summed E-state index contributed by atoms with van der Waals surface area (Å²) < 4.78 is 16.9. The lowest BCUT2D eigenvalue weighted by atomic mass is 9.92. The molecule has 0 aliphatic rings. The van der Waals surface area contributed by atoms with Gasteiger partial charge in [-0.2, -0.15) is 0 Å². The Bertz CT molecular complexity index is 277. The lowest BCUT2D eigenvalue weighted by molar-refractivity contribution is -0.380. The third-order valence-corrected chi connectivity index (χ3v) is 4.64. The van der Waals surface area contributed by atoms with E-state index in [9.17, 15) is 0 Å². The second-order valence-corrected chi connectivity index (χ2v) is 7.79. The average molecular weight is 346 g/mol. The molecule has 0 rings (SSSR count). The lowest BCUT2D eigenvalue weighted by Gasteiger charge is -2.36. The molecule has 0 aromatic rings. The van der Waals surface area contributed by atoms with E-state index >= 15 is 0 Å². The summed E-state index contributed by atoms with van der Waals surface area (Å²) in [6.45, 7) is 9.86. The van der Waals surface area contributed by atoms with Crippen LogP contribution in [-0.4, -0.2) is 39.4 Å². The van der Waals surface area contributed by atoms with Gasteiger partial charge >= 0.3 is 0 Å². The van der Waals surface area contributed by atoms with Crippen LogP contribution in [0.4, 0.5) is 0 Å². The Balaban J connectivity index is 4.43. The first-order valence-electron chi connectivity index (χ1n) is 9.75. The van der Waals surface area contributed by atoms with Gasteiger partial charge in [0.1, 0.15) is 0 Å². The number of unbranched alkanes of at least 4 members (excludes halogenated alkanes) is 5. The molecule has 0 aromatic heterocycles. The molecule has 4 nitrogen and oxygen atoms in total. The number of methoxy groups -OCH3 is 3. The Morgan fingerprint density at radius 2 is 1.25 bits per heavy atom. The van der Waals surface area contributed by atoms with Gasteiger partial charge in [-0.15, -0.1) is 0 Å². The van der Waals surface area contributed by atoms with E-state index in [0.717, 1.165) is 25.8 Å². The first-order valence-corrected chi connectivity index (χ1v) is 9.75. The summed E-state index contributed by atoms with van der Waals surface area (Å²) in [5.41, 5.74) is 0.162. The topological polar surface area (TPSA) is 39.7 Å². The molecule has 0 aliphatic heterocycles. The maximum Gasteiger partial charge on any atom is 0.285 e. The predicted molar refractivity (Wildman–Crippen MR) is 102 cm³/mol. The molecule has 146 valence electrons. The van der Waals surface area contributed by atoms with Gasteiger partial charge in [0, 0.05) is 32.8 Å². The SMILES string of the molecule is CCCCCCCCC(CCCNC(C)(C)C)C(OC)(OC)OC. The molecule has 1 unspecified atom stereocenters. The van der Waals surface area contributed by atoms with Gasteiger partial charge in [-0.05, 0) is 46.6 Å². The van der Waals surface area contributed by atoms with Crippen molar-refractivity contribution in [2.75, 3.05) is 27.9 Å². The minimum atomic E-state index is -0.912. The number of nitrogens with one attached hydrogen (secondary N) is 1. The van der Waals surface area contributed by atoms with Crippen molar-refractivity contribution in [3.63, 3.8) is 0 Å². The molecule has 0 heterocycles. The molecule has 1 N–H and O–H groups in total. The molecular formula is C20H43NO3. The van der Waals surface area contributed by atoms with E-state index in [1.54, 1.807) is 21.3 Å². The molecule has 0 saturated carbocycles. The fourth-order valence-electron chi connectivity index (χ4n) is 3.23. The molecule has 0 aliphatic carbocycles. The fourth-order valence-corrected chi connectivity index (χ4v) is 3.23. The maximum atomic E-state index is 5.63. The van der Waals surface area contributed by atoms with Crippen molar-refractivity contribution in [2.45, 2.75) is 97.0 Å². The molecule has 1 atom stereocenters. The predicted octanol–water partition coefficient (Wildman–Crippen LogP) is 5.11. The van der Waals surface area contributed by atoms with Crippen molar-refractivity contribution in [2.24, 2.45) is 5.92 Å². The second-order valence-electron chi connectivity index (χ2n) is 7.79. The van der Waals surface area contributed by atoms with Gasteiger partial charge in [-0.1, -0.05) is 45.4 Å². The van der Waals surface area contributed by atoms with Crippen LogP contribution in [0.25, 0.3) is 0 Å². The summed E-state index contributed by atoms with van der Waals surface area (Å²) in [4.78, 5) is 0. The monoisotopic (exact) mass is 345 g/mol. The van der Waals surface area contributed by atoms with E-state index in [1.807, 2.05) is 0 Å². The standard InChI is InChI=1S/C20H43NO3/c1-8-9-10-11-12-13-15-18(20(22-5,23-6)24-7)16-14-17-21-19(2,3)4/h18,21H,8-17H2,1-7H3. The fraction of sp³-hybridized carbons (Fsp3) is 1.00. The van der Waals surface area contributed by atoms with Crippen molar-refractivity contribution in [3.8, 4) is 0 Å². The van der Waals surface area contributed by atoms with E-state index in [4.69, 9.17) is 14.2 Å². The Morgan fingerprint density at radius 1 is 0.750 bits per heavy atom. The van der Waals surface area contributed by atoms with Crippen molar-refractivity contribution in [1.82, 2.24) is 5.32 Å². The van der Waals surface area contributed by atoms with Gasteiger partial charge in [-0.3, -0.25) is 0 Å². The molecule has 0 fully saturated rings. The van der Waals surface area contributed by atoms with E-state index in [2.05, 4.69) is 33.0 Å². The number of rotatable bonds is 15. The van der Waals surface area contributed by atoms with Crippen LogP contribution in [0, 0.1) is 5.92 Å². The molecule has 0 bridgehead atoms. The van der Waals surface area contributed by atoms with Crippen LogP contribution in [-0.2, 0) is 14.2 Å². The van der Waals surface area contributed by atoms with Crippen LogP contribution in [0.2, 0.25) is 0 Å². The highest BCUT2D eigenvalue weighted by molar-refractivity contribution is 4.74. The van der Waals surface area contributed by atoms with Crippen LogP contribution in [0.3, 0.4) is 0 Å². The highest BCUT2D eigenvalue weighted by Crippen LogP contribution is 2.32. The lowest BCUT2D eigenvalue weighted by Crippen LogP contribution is -2.44. The van der Waals surface area contributed by atoms with Crippen molar-refractivity contribution in [1.29, 1.82) is 0 Å². The van der Waals surface area contributed by atoms with E-state index < -0.39 is 5.97 Å². The molecule has 0 amide bonds. The minimum Gasteiger partial charge on any atom is -0.331 e. The third-order valence-electron chi connectivity index (χ3n) is 4.64. The van der Waals surface area contributed by atoms with Crippen molar-refractivity contribution in [3.05, 3.63) is 0 Å². The van der Waals surface area contributed by atoms with E-state index in [-0.39, 0.29) is 11.5 Å². The van der Waals surface area contributed by atoms with Crippen LogP contribution in [0.1, 0.15) is 85.5 Å². The van der Waals surface area contributed by atoms with Gasteiger partial charge in [-0.25, -0.2) is 0 Å². The summed E-state index contributed by atoms with van der Waals surface area (Å²) in [5, 5.41) is 3.55. The highest BCUT2D eigenvalue weighted by Gasteiger charge is 2.39. The number of hydrogen-bond acceptors (Lipinski definition) is 4. The Hall–Kier alpha value is -0.160. The van der Waals surface area contributed by atoms with Crippen LogP contribution >= 0.6 is 0 Å². The molecule has 0 saturated heterocycles. The van der Waals surface area contributed by atoms with Gasteiger partial charge in [0.2, 0.25) is 0 Å². The summed E-state index contributed by atoms with van der Waals surface area (Å²) in [6.07, 6.45) is 11.0. The zero-order chi connectivity index (χ0) is 18.5. The number of hydrogen-bond donors (Lipinski definition) is 1.